The Kier molecular flexibility index (Phi) is 2.08. The molecular weight excluding hydrogens is 216 g/mol. The topological polar surface area (TPSA) is 95.3 Å². The molecular formula is C9H6N2O5. The van der Waals surface area contributed by atoms with Gasteiger partial charge in [0.05, 0.1) is 4.92 Å². The van der Waals surface area contributed by atoms with Crippen LogP contribution in [-0.2, 0) is 0 Å². The summed E-state index contributed by atoms with van der Waals surface area (Å²) in [5.41, 5.74) is 0.0424. The predicted octanol–water partition coefficient (Wildman–Crippen LogP) is 1.16. The average Bonchev–Trinajstić information content (AvgIpc) is 2.51. The van der Waals surface area contributed by atoms with E-state index in [0.717, 1.165) is 10.6 Å². The summed E-state index contributed by atoms with van der Waals surface area (Å²) in [5.74, 6) is -1.40. The molecule has 82 valence electrons. The third-order valence-corrected chi connectivity index (χ3v) is 2.09. The van der Waals surface area contributed by atoms with Crippen molar-refractivity contribution in [2.75, 3.05) is 0 Å². The Morgan fingerprint density at radius 3 is 2.75 bits per heavy atom. The second kappa shape index (κ2) is 3.30. The highest BCUT2D eigenvalue weighted by atomic mass is 16.6. The lowest BCUT2D eigenvalue weighted by molar-refractivity contribution is -0.384. The highest BCUT2D eigenvalue weighted by molar-refractivity contribution is 5.88. The number of fused-ring (bicyclic) bond motifs is 1. The van der Waals surface area contributed by atoms with E-state index in [1.54, 1.807) is 0 Å². The molecule has 2 rings (SSSR count). The Bertz CT molecular complexity index is 651. The van der Waals surface area contributed by atoms with Crippen molar-refractivity contribution in [1.29, 1.82) is 0 Å². The summed E-state index contributed by atoms with van der Waals surface area (Å²) in [7, 11) is 0. The standard InChI is InChI=1S/C9H6N2O5/c1-5(12)10-7-4-6(11(14)15)2-3-8(7)16-9(10)13/h2-4H,1H3. The molecule has 0 unspecified atom stereocenters. The minimum atomic E-state index is -0.844. The van der Waals surface area contributed by atoms with Crippen molar-refractivity contribution in [2.24, 2.45) is 0 Å². The molecule has 0 radical (unpaired) electrons. The molecule has 0 fully saturated rings. The molecule has 1 aromatic carbocycles. The van der Waals surface area contributed by atoms with Crippen LogP contribution in [-0.4, -0.2) is 15.4 Å². The number of oxazole rings is 1. The minimum Gasteiger partial charge on any atom is -0.407 e. The average molecular weight is 222 g/mol. The van der Waals surface area contributed by atoms with Crippen molar-refractivity contribution >= 4 is 22.7 Å². The van der Waals surface area contributed by atoms with E-state index in [1.165, 1.54) is 19.1 Å². The first kappa shape index (κ1) is 10.1. The summed E-state index contributed by atoms with van der Waals surface area (Å²) >= 11 is 0. The van der Waals surface area contributed by atoms with Gasteiger partial charge >= 0.3 is 5.76 Å². The van der Waals surface area contributed by atoms with Gasteiger partial charge in [-0.1, -0.05) is 0 Å². The van der Waals surface area contributed by atoms with Crippen LogP contribution in [0.4, 0.5) is 5.69 Å². The van der Waals surface area contributed by atoms with Gasteiger partial charge in [0.25, 0.3) is 5.69 Å². The number of hydrogen-bond acceptors (Lipinski definition) is 5. The summed E-state index contributed by atoms with van der Waals surface area (Å²) < 4.78 is 5.51. The van der Waals surface area contributed by atoms with Crippen LogP contribution in [0.3, 0.4) is 0 Å². The Morgan fingerprint density at radius 2 is 2.19 bits per heavy atom. The molecule has 2 aromatic rings. The monoisotopic (exact) mass is 222 g/mol. The van der Waals surface area contributed by atoms with Crippen LogP contribution in [0.5, 0.6) is 0 Å². The zero-order valence-electron chi connectivity index (χ0n) is 8.17. The van der Waals surface area contributed by atoms with Crippen LogP contribution in [0, 0.1) is 10.1 Å². The fourth-order valence-electron chi connectivity index (χ4n) is 1.42. The number of carbonyl (C=O) groups excluding carboxylic acids is 1. The van der Waals surface area contributed by atoms with E-state index in [0.29, 0.717) is 0 Å². The lowest BCUT2D eigenvalue weighted by Crippen LogP contribution is -2.19. The maximum Gasteiger partial charge on any atom is 0.426 e. The highest BCUT2D eigenvalue weighted by Crippen LogP contribution is 2.19. The van der Waals surface area contributed by atoms with Crippen molar-refractivity contribution in [1.82, 2.24) is 4.57 Å². The van der Waals surface area contributed by atoms with Crippen LogP contribution in [0.2, 0.25) is 0 Å². The van der Waals surface area contributed by atoms with Crippen molar-refractivity contribution in [3.8, 4) is 0 Å². The van der Waals surface area contributed by atoms with Crippen LogP contribution < -0.4 is 5.76 Å². The zero-order chi connectivity index (χ0) is 11.9. The SMILES string of the molecule is CC(=O)n1c(=O)oc2ccc([N+](=O)[O-])cc21. The number of aromatic nitrogens is 1. The van der Waals surface area contributed by atoms with Crippen LogP contribution in [0.1, 0.15) is 11.7 Å². The second-order valence-electron chi connectivity index (χ2n) is 3.13. The number of nitrogens with zero attached hydrogens (tertiary/aromatic N) is 2. The molecule has 16 heavy (non-hydrogen) atoms. The maximum atomic E-state index is 11.3. The molecule has 1 heterocycles. The Morgan fingerprint density at radius 1 is 1.50 bits per heavy atom. The van der Waals surface area contributed by atoms with Crippen molar-refractivity contribution in [3.05, 3.63) is 38.9 Å². The summed E-state index contributed by atoms with van der Waals surface area (Å²) in [6.07, 6.45) is 0. The van der Waals surface area contributed by atoms with Gasteiger partial charge in [-0.05, 0) is 6.07 Å². The van der Waals surface area contributed by atoms with E-state index in [4.69, 9.17) is 4.42 Å². The van der Waals surface area contributed by atoms with Gasteiger partial charge in [0.1, 0.15) is 5.52 Å². The summed E-state index contributed by atoms with van der Waals surface area (Å²) in [5, 5.41) is 10.5. The van der Waals surface area contributed by atoms with Gasteiger partial charge in [-0.3, -0.25) is 14.9 Å². The number of hydrogen-bond donors (Lipinski definition) is 0. The first-order valence-electron chi connectivity index (χ1n) is 4.31. The van der Waals surface area contributed by atoms with Gasteiger partial charge in [0.15, 0.2) is 5.58 Å². The molecule has 0 atom stereocenters. The number of rotatable bonds is 1. The normalized spacial score (nSPS) is 10.6. The predicted molar refractivity (Wildman–Crippen MR) is 53.4 cm³/mol. The zero-order valence-corrected chi connectivity index (χ0v) is 8.17. The van der Waals surface area contributed by atoms with Gasteiger partial charge < -0.3 is 4.42 Å². The quantitative estimate of drug-likeness (QED) is 0.532. The Balaban J connectivity index is 2.85. The number of nitro benzene ring substituents is 1. The van der Waals surface area contributed by atoms with Gasteiger partial charge in [-0.15, -0.1) is 0 Å². The molecule has 7 nitrogen and oxygen atoms in total. The largest absolute Gasteiger partial charge is 0.426 e. The number of non-ortho nitro benzene ring substituents is 1. The molecule has 0 amide bonds. The van der Waals surface area contributed by atoms with Gasteiger partial charge in [-0.2, -0.15) is 0 Å². The van der Waals surface area contributed by atoms with Crippen LogP contribution >= 0.6 is 0 Å². The number of benzene rings is 1. The Labute approximate surface area is 88.0 Å². The third-order valence-electron chi connectivity index (χ3n) is 2.09. The van der Waals surface area contributed by atoms with E-state index in [2.05, 4.69) is 0 Å². The first-order chi connectivity index (χ1) is 7.50. The molecule has 0 aliphatic carbocycles. The minimum absolute atomic E-state index is 0.103. The highest BCUT2D eigenvalue weighted by Gasteiger charge is 2.16. The van der Waals surface area contributed by atoms with Gasteiger partial charge in [0, 0.05) is 19.1 Å². The van der Waals surface area contributed by atoms with E-state index in [-0.39, 0.29) is 16.8 Å². The first-order valence-corrected chi connectivity index (χ1v) is 4.31. The smallest absolute Gasteiger partial charge is 0.407 e. The molecule has 1 aromatic heterocycles. The summed E-state index contributed by atoms with van der Waals surface area (Å²) in [6.45, 7) is 1.18. The summed E-state index contributed by atoms with van der Waals surface area (Å²) in [6, 6.07) is 3.62. The lowest BCUT2D eigenvalue weighted by atomic mass is 10.3. The van der Waals surface area contributed by atoms with Crippen molar-refractivity contribution in [3.63, 3.8) is 0 Å². The molecule has 0 aliphatic rings. The molecule has 0 saturated carbocycles. The maximum absolute atomic E-state index is 11.3. The van der Waals surface area contributed by atoms with E-state index in [1.807, 2.05) is 0 Å². The lowest BCUT2D eigenvalue weighted by Gasteiger charge is -1.94. The fraction of sp³-hybridized carbons (Fsp3) is 0.111. The van der Waals surface area contributed by atoms with E-state index < -0.39 is 16.6 Å². The molecule has 0 N–H and O–H groups in total. The third kappa shape index (κ3) is 1.38. The van der Waals surface area contributed by atoms with Crippen molar-refractivity contribution in [2.45, 2.75) is 6.92 Å². The number of nitro groups is 1. The molecule has 0 saturated heterocycles. The molecule has 0 spiro atoms. The molecule has 0 aliphatic heterocycles. The van der Waals surface area contributed by atoms with Crippen LogP contribution in [0.25, 0.3) is 11.1 Å². The second-order valence-corrected chi connectivity index (χ2v) is 3.13. The number of carbonyl (C=O) groups is 1. The fourth-order valence-corrected chi connectivity index (χ4v) is 1.42. The molecule has 0 bridgehead atoms. The van der Waals surface area contributed by atoms with Gasteiger partial charge in [-0.25, -0.2) is 9.36 Å². The molecule has 7 heteroatoms. The van der Waals surface area contributed by atoms with E-state index in [9.17, 15) is 19.7 Å². The summed E-state index contributed by atoms with van der Waals surface area (Å²) in [4.78, 5) is 32.3. The Hall–Kier alpha value is -2.44. The van der Waals surface area contributed by atoms with Crippen LogP contribution in [0.15, 0.2) is 27.4 Å². The van der Waals surface area contributed by atoms with E-state index >= 15 is 0 Å². The van der Waals surface area contributed by atoms with Crippen molar-refractivity contribution < 1.29 is 14.1 Å². The van der Waals surface area contributed by atoms with Gasteiger partial charge in [0.2, 0.25) is 5.91 Å².